The van der Waals surface area contributed by atoms with E-state index in [0.717, 1.165) is 12.0 Å². The minimum Gasteiger partial charge on any atom is -0.472 e. The molecule has 0 radical (unpaired) electrons. The normalized spacial score (nSPS) is 11.0. The van der Waals surface area contributed by atoms with Crippen LogP contribution in [0.4, 0.5) is 0 Å². The molecular weight excluding hydrogens is 138 g/mol. The van der Waals surface area contributed by atoms with Crippen molar-refractivity contribution in [2.45, 2.75) is 20.3 Å². The fraction of sp³-hybridized carbons (Fsp3) is 0.444. The molecule has 0 bridgehead atoms. The van der Waals surface area contributed by atoms with Crippen LogP contribution in [0.5, 0.6) is 0 Å². The van der Waals surface area contributed by atoms with Crippen molar-refractivity contribution < 1.29 is 4.42 Å². The minimum absolute atomic E-state index is 0.288. The van der Waals surface area contributed by atoms with E-state index in [4.69, 9.17) is 9.68 Å². The second kappa shape index (κ2) is 2.79. The van der Waals surface area contributed by atoms with Gasteiger partial charge in [0.1, 0.15) is 0 Å². The van der Waals surface area contributed by atoms with Crippen LogP contribution < -0.4 is 0 Å². The molecule has 2 heteroatoms. The molecule has 0 fully saturated rings. The van der Waals surface area contributed by atoms with Crippen LogP contribution in [0.3, 0.4) is 0 Å². The van der Waals surface area contributed by atoms with Crippen molar-refractivity contribution in [1.82, 2.24) is 0 Å². The van der Waals surface area contributed by atoms with E-state index < -0.39 is 0 Å². The van der Waals surface area contributed by atoms with Gasteiger partial charge in [-0.15, -0.1) is 0 Å². The zero-order valence-electron chi connectivity index (χ0n) is 6.79. The Hall–Kier alpha value is -1.23. The highest BCUT2D eigenvalue weighted by Crippen LogP contribution is 2.20. The van der Waals surface area contributed by atoms with Gasteiger partial charge >= 0.3 is 0 Å². The van der Waals surface area contributed by atoms with Crippen LogP contribution in [0, 0.1) is 16.7 Å². The maximum atomic E-state index is 8.71. The third-order valence-electron chi connectivity index (χ3n) is 1.53. The Balaban J connectivity index is 2.65. The maximum Gasteiger partial charge on any atom is 0.0935 e. The molecule has 0 atom stereocenters. The standard InChI is InChI=1S/C9H11NO/c1-9(2,7-10)5-8-3-4-11-6-8/h3-4,6H,5H2,1-2H3. The summed E-state index contributed by atoms with van der Waals surface area (Å²) in [6.07, 6.45) is 4.06. The molecule has 0 aromatic carbocycles. The molecule has 0 aliphatic rings. The molecular formula is C9H11NO. The van der Waals surface area contributed by atoms with E-state index in [1.165, 1.54) is 0 Å². The average molecular weight is 149 g/mol. The van der Waals surface area contributed by atoms with Crippen LogP contribution >= 0.6 is 0 Å². The van der Waals surface area contributed by atoms with Gasteiger partial charge in [0.05, 0.1) is 24.0 Å². The van der Waals surface area contributed by atoms with Gasteiger partial charge in [-0.25, -0.2) is 0 Å². The van der Waals surface area contributed by atoms with Crippen LogP contribution in [0.25, 0.3) is 0 Å². The molecule has 0 aliphatic carbocycles. The SMILES string of the molecule is CC(C)(C#N)Cc1ccoc1. The van der Waals surface area contributed by atoms with Crippen molar-refractivity contribution in [3.05, 3.63) is 24.2 Å². The van der Waals surface area contributed by atoms with Gasteiger partial charge < -0.3 is 4.42 Å². The van der Waals surface area contributed by atoms with E-state index in [1.807, 2.05) is 19.9 Å². The zero-order valence-corrected chi connectivity index (χ0v) is 6.79. The number of furan rings is 1. The quantitative estimate of drug-likeness (QED) is 0.647. The molecule has 1 heterocycles. The maximum absolute atomic E-state index is 8.71. The summed E-state index contributed by atoms with van der Waals surface area (Å²) in [5.74, 6) is 0. The van der Waals surface area contributed by atoms with Gasteiger partial charge in [-0.05, 0) is 31.9 Å². The number of hydrogen-bond acceptors (Lipinski definition) is 2. The molecule has 1 aromatic rings. The topological polar surface area (TPSA) is 36.9 Å². The fourth-order valence-electron chi connectivity index (χ4n) is 0.943. The van der Waals surface area contributed by atoms with Crippen LogP contribution in [0.15, 0.2) is 23.0 Å². The van der Waals surface area contributed by atoms with E-state index in [2.05, 4.69) is 6.07 Å². The van der Waals surface area contributed by atoms with Gasteiger partial charge in [-0.2, -0.15) is 5.26 Å². The first kappa shape index (κ1) is 7.87. The molecule has 0 aliphatic heterocycles. The summed E-state index contributed by atoms with van der Waals surface area (Å²) >= 11 is 0. The van der Waals surface area contributed by atoms with E-state index >= 15 is 0 Å². The molecule has 58 valence electrons. The van der Waals surface area contributed by atoms with Crippen LogP contribution in [-0.2, 0) is 6.42 Å². The highest BCUT2D eigenvalue weighted by molar-refractivity contribution is 5.11. The number of nitriles is 1. The Kier molecular flexibility index (Phi) is 2.00. The number of hydrogen-bond donors (Lipinski definition) is 0. The summed E-state index contributed by atoms with van der Waals surface area (Å²) < 4.78 is 4.90. The summed E-state index contributed by atoms with van der Waals surface area (Å²) in [5.41, 5.74) is 0.792. The molecule has 1 aromatic heterocycles. The summed E-state index contributed by atoms with van der Waals surface area (Å²) in [4.78, 5) is 0. The Bertz CT molecular complexity index is 254. The molecule has 0 saturated heterocycles. The third-order valence-corrected chi connectivity index (χ3v) is 1.53. The molecule has 1 rings (SSSR count). The summed E-state index contributed by atoms with van der Waals surface area (Å²) in [7, 11) is 0. The largest absolute Gasteiger partial charge is 0.472 e. The molecule has 0 N–H and O–H groups in total. The van der Waals surface area contributed by atoms with E-state index in [9.17, 15) is 0 Å². The van der Waals surface area contributed by atoms with Crippen molar-refractivity contribution in [1.29, 1.82) is 5.26 Å². The second-order valence-corrected chi connectivity index (χ2v) is 3.30. The van der Waals surface area contributed by atoms with Gasteiger partial charge in [0.2, 0.25) is 0 Å². The van der Waals surface area contributed by atoms with Crippen molar-refractivity contribution in [2.24, 2.45) is 5.41 Å². The lowest BCUT2D eigenvalue weighted by Gasteiger charge is -2.12. The van der Waals surface area contributed by atoms with Gasteiger partial charge in [0.25, 0.3) is 0 Å². The van der Waals surface area contributed by atoms with Crippen molar-refractivity contribution in [2.75, 3.05) is 0 Å². The van der Waals surface area contributed by atoms with Crippen LogP contribution in [0.2, 0.25) is 0 Å². The summed E-state index contributed by atoms with van der Waals surface area (Å²) in [6, 6.07) is 4.13. The molecule has 0 saturated carbocycles. The highest BCUT2D eigenvalue weighted by Gasteiger charge is 2.17. The lowest BCUT2D eigenvalue weighted by Crippen LogP contribution is -2.10. The molecule has 11 heavy (non-hydrogen) atoms. The average Bonchev–Trinajstić information content (AvgIpc) is 2.39. The van der Waals surface area contributed by atoms with E-state index in [0.29, 0.717) is 0 Å². The van der Waals surface area contributed by atoms with E-state index in [1.54, 1.807) is 12.5 Å². The molecule has 2 nitrogen and oxygen atoms in total. The lowest BCUT2D eigenvalue weighted by atomic mass is 9.89. The Morgan fingerprint density at radius 1 is 1.64 bits per heavy atom. The first-order valence-corrected chi connectivity index (χ1v) is 3.56. The Labute approximate surface area is 66.4 Å². The van der Waals surface area contributed by atoms with Gasteiger partial charge in [0.15, 0.2) is 0 Å². The van der Waals surface area contributed by atoms with Crippen molar-refractivity contribution in [3.63, 3.8) is 0 Å². The fourth-order valence-corrected chi connectivity index (χ4v) is 0.943. The Morgan fingerprint density at radius 3 is 2.82 bits per heavy atom. The smallest absolute Gasteiger partial charge is 0.0935 e. The molecule has 0 amide bonds. The third kappa shape index (κ3) is 2.12. The molecule has 0 unspecified atom stereocenters. The highest BCUT2D eigenvalue weighted by atomic mass is 16.3. The molecule has 0 spiro atoms. The monoisotopic (exact) mass is 149 g/mol. The number of rotatable bonds is 2. The first-order valence-electron chi connectivity index (χ1n) is 3.56. The van der Waals surface area contributed by atoms with Crippen LogP contribution in [-0.4, -0.2) is 0 Å². The van der Waals surface area contributed by atoms with Gasteiger partial charge in [-0.1, -0.05) is 0 Å². The number of nitrogens with zero attached hydrogens (tertiary/aromatic N) is 1. The Morgan fingerprint density at radius 2 is 2.36 bits per heavy atom. The zero-order chi connectivity index (χ0) is 8.32. The minimum atomic E-state index is -0.288. The lowest BCUT2D eigenvalue weighted by molar-refractivity contribution is 0.486. The second-order valence-electron chi connectivity index (χ2n) is 3.30. The van der Waals surface area contributed by atoms with Crippen molar-refractivity contribution in [3.8, 4) is 6.07 Å². The van der Waals surface area contributed by atoms with Gasteiger partial charge in [0, 0.05) is 0 Å². The predicted molar refractivity (Wildman–Crippen MR) is 41.8 cm³/mol. The van der Waals surface area contributed by atoms with E-state index in [-0.39, 0.29) is 5.41 Å². The predicted octanol–water partition coefficient (Wildman–Crippen LogP) is 2.37. The summed E-state index contributed by atoms with van der Waals surface area (Å²) in [5, 5.41) is 8.71. The van der Waals surface area contributed by atoms with Crippen LogP contribution in [0.1, 0.15) is 19.4 Å². The van der Waals surface area contributed by atoms with Gasteiger partial charge in [-0.3, -0.25) is 0 Å². The first-order chi connectivity index (χ1) is 5.14. The van der Waals surface area contributed by atoms with Crippen molar-refractivity contribution >= 4 is 0 Å². The summed E-state index contributed by atoms with van der Waals surface area (Å²) in [6.45, 7) is 3.83.